The fourth-order valence-electron chi connectivity index (χ4n) is 2.69. The van der Waals surface area contributed by atoms with E-state index >= 15 is 0 Å². The van der Waals surface area contributed by atoms with Gasteiger partial charge < -0.3 is 9.84 Å². The minimum atomic E-state index is -0.106. The second-order valence-corrected chi connectivity index (χ2v) is 4.98. The van der Waals surface area contributed by atoms with Gasteiger partial charge in [0.2, 0.25) is 0 Å². The summed E-state index contributed by atoms with van der Waals surface area (Å²) in [6.45, 7) is 4.09. The van der Waals surface area contributed by atoms with Crippen molar-refractivity contribution in [2.75, 3.05) is 20.2 Å². The van der Waals surface area contributed by atoms with Crippen LogP contribution >= 0.6 is 0 Å². The van der Waals surface area contributed by atoms with Gasteiger partial charge in [0.05, 0.1) is 11.7 Å². The van der Waals surface area contributed by atoms with Gasteiger partial charge in [-0.05, 0) is 19.8 Å². The number of aliphatic hydroxyl groups is 1. The highest BCUT2D eigenvalue weighted by atomic mass is 16.5. The first-order chi connectivity index (χ1) is 6.64. The van der Waals surface area contributed by atoms with Crippen LogP contribution in [0.5, 0.6) is 0 Å². The number of rotatable bonds is 2. The Balaban J connectivity index is 1.86. The highest BCUT2D eigenvalue weighted by Gasteiger charge is 2.44. The topological polar surface area (TPSA) is 32.7 Å². The molecule has 1 aliphatic heterocycles. The molecule has 2 rings (SSSR count). The van der Waals surface area contributed by atoms with Crippen LogP contribution in [0.15, 0.2) is 0 Å². The zero-order valence-corrected chi connectivity index (χ0v) is 9.20. The smallest absolute Gasteiger partial charge is 0.0903 e. The minimum Gasteiger partial charge on any atom is -0.391 e. The zero-order chi connectivity index (χ0) is 10.2. The van der Waals surface area contributed by atoms with Gasteiger partial charge in [0.15, 0.2) is 0 Å². The highest BCUT2D eigenvalue weighted by molar-refractivity contribution is 4.98. The number of hydrogen-bond donors (Lipinski definition) is 1. The van der Waals surface area contributed by atoms with Gasteiger partial charge in [-0.3, -0.25) is 4.90 Å². The van der Waals surface area contributed by atoms with Crippen molar-refractivity contribution >= 4 is 0 Å². The molecule has 2 atom stereocenters. The molecule has 14 heavy (non-hydrogen) atoms. The van der Waals surface area contributed by atoms with Gasteiger partial charge in [0.1, 0.15) is 0 Å². The summed E-state index contributed by atoms with van der Waals surface area (Å²) in [5.74, 6) is 0. The van der Waals surface area contributed by atoms with Crippen LogP contribution in [-0.4, -0.2) is 48.0 Å². The summed E-state index contributed by atoms with van der Waals surface area (Å²) < 4.78 is 5.41. The lowest BCUT2D eigenvalue weighted by atomic mass is 9.86. The van der Waals surface area contributed by atoms with E-state index < -0.39 is 0 Å². The summed E-state index contributed by atoms with van der Waals surface area (Å²) in [5.41, 5.74) is 0.0389. The van der Waals surface area contributed by atoms with E-state index in [-0.39, 0.29) is 11.7 Å². The van der Waals surface area contributed by atoms with Crippen molar-refractivity contribution in [3.63, 3.8) is 0 Å². The van der Waals surface area contributed by atoms with E-state index in [0.29, 0.717) is 6.04 Å². The van der Waals surface area contributed by atoms with E-state index in [1.165, 1.54) is 12.8 Å². The Kier molecular flexibility index (Phi) is 2.82. The molecule has 0 aromatic rings. The van der Waals surface area contributed by atoms with Gasteiger partial charge in [0.25, 0.3) is 0 Å². The summed E-state index contributed by atoms with van der Waals surface area (Å²) in [6.07, 6.45) is 4.48. The maximum Gasteiger partial charge on any atom is 0.0903 e. The van der Waals surface area contributed by atoms with E-state index in [4.69, 9.17) is 4.74 Å². The van der Waals surface area contributed by atoms with Crippen LogP contribution in [0, 0.1) is 0 Å². The molecule has 1 saturated carbocycles. The predicted molar refractivity (Wildman–Crippen MR) is 55.2 cm³/mol. The molecular formula is C11H21NO2. The molecule has 0 amide bonds. The Morgan fingerprint density at radius 1 is 1.29 bits per heavy atom. The number of hydrogen-bond acceptors (Lipinski definition) is 3. The Labute approximate surface area is 86.0 Å². The number of ether oxygens (including phenoxy) is 1. The first-order valence-electron chi connectivity index (χ1n) is 5.62. The first-order valence-corrected chi connectivity index (χ1v) is 5.62. The quantitative estimate of drug-likeness (QED) is 0.720. The molecule has 82 valence electrons. The van der Waals surface area contributed by atoms with Crippen molar-refractivity contribution in [1.29, 1.82) is 0 Å². The monoisotopic (exact) mass is 199 g/mol. The SMILES string of the molecule is COC1(C)CN(C2CCCCC2O)C1. The average Bonchev–Trinajstić information content (AvgIpc) is 2.14. The number of methoxy groups -OCH3 is 1. The molecule has 2 aliphatic rings. The number of aliphatic hydroxyl groups excluding tert-OH is 1. The summed E-state index contributed by atoms with van der Waals surface area (Å²) in [4.78, 5) is 2.37. The highest BCUT2D eigenvalue weighted by Crippen LogP contribution is 2.32. The van der Waals surface area contributed by atoms with Crippen molar-refractivity contribution in [2.45, 2.75) is 50.4 Å². The summed E-state index contributed by atoms with van der Waals surface area (Å²) in [7, 11) is 1.77. The first kappa shape index (κ1) is 10.4. The molecule has 1 N–H and O–H groups in total. The Morgan fingerprint density at radius 2 is 1.93 bits per heavy atom. The van der Waals surface area contributed by atoms with Crippen LogP contribution in [0.25, 0.3) is 0 Å². The third kappa shape index (κ3) is 1.81. The molecule has 1 heterocycles. The van der Waals surface area contributed by atoms with E-state index in [1.54, 1.807) is 7.11 Å². The van der Waals surface area contributed by atoms with E-state index in [0.717, 1.165) is 25.9 Å². The lowest BCUT2D eigenvalue weighted by Crippen LogP contribution is -2.66. The van der Waals surface area contributed by atoms with Crippen molar-refractivity contribution in [3.8, 4) is 0 Å². The van der Waals surface area contributed by atoms with Crippen molar-refractivity contribution in [2.24, 2.45) is 0 Å². The summed E-state index contributed by atoms with van der Waals surface area (Å²) in [5, 5.41) is 9.86. The molecule has 0 aromatic carbocycles. The van der Waals surface area contributed by atoms with E-state index in [9.17, 15) is 5.11 Å². The van der Waals surface area contributed by atoms with Crippen LogP contribution in [0.4, 0.5) is 0 Å². The molecule has 1 saturated heterocycles. The maximum absolute atomic E-state index is 9.86. The minimum absolute atomic E-state index is 0.0389. The molecule has 1 aliphatic carbocycles. The average molecular weight is 199 g/mol. The lowest BCUT2D eigenvalue weighted by Gasteiger charge is -2.52. The molecule has 0 bridgehead atoms. The van der Waals surface area contributed by atoms with E-state index in [1.807, 2.05) is 0 Å². The largest absolute Gasteiger partial charge is 0.391 e. The Bertz CT molecular complexity index is 201. The summed E-state index contributed by atoms with van der Waals surface area (Å²) >= 11 is 0. The van der Waals surface area contributed by atoms with Crippen LogP contribution in [0.1, 0.15) is 32.6 Å². The fourth-order valence-corrected chi connectivity index (χ4v) is 2.69. The third-order valence-corrected chi connectivity index (χ3v) is 3.73. The van der Waals surface area contributed by atoms with Gasteiger partial charge in [-0.1, -0.05) is 12.8 Å². The number of nitrogens with zero attached hydrogens (tertiary/aromatic N) is 1. The summed E-state index contributed by atoms with van der Waals surface area (Å²) in [6, 6.07) is 0.395. The molecule has 2 unspecified atom stereocenters. The molecular weight excluding hydrogens is 178 g/mol. The Hall–Kier alpha value is -0.120. The lowest BCUT2D eigenvalue weighted by molar-refractivity contribution is -0.146. The van der Waals surface area contributed by atoms with Crippen molar-refractivity contribution in [1.82, 2.24) is 4.90 Å². The zero-order valence-electron chi connectivity index (χ0n) is 9.20. The molecule has 3 heteroatoms. The van der Waals surface area contributed by atoms with Gasteiger partial charge in [0, 0.05) is 26.2 Å². The third-order valence-electron chi connectivity index (χ3n) is 3.73. The van der Waals surface area contributed by atoms with Crippen LogP contribution in [0.3, 0.4) is 0 Å². The van der Waals surface area contributed by atoms with Crippen LogP contribution in [-0.2, 0) is 4.74 Å². The van der Waals surface area contributed by atoms with Gasteiger partial charge in [-0.15, -0.1) is 0 Å². The number of likely N-dealkylation sites (tertiary alicyclic amines) is 1. The second kappa shape index (κ2) is 3.80. The van der Waals surface area contributed by atoms with Crippen LogP contribution < -0.4 is 0 Å². The van der Waals surface area contributed by atoms with Gasteiger partial charge in [-0.2, -0.15) is 0 Å². The molecule has 3 nitrogen and oxygen atoms in total. The molecule has 0 spiro atoms. The molecule has 0 radical (unpaired) electrons. The Morgan fingerprint density at radius 3 is 2.50 bits per heavy atom. The molecule has 0 aromatic heterocycles. The van der Waals surface area contributed by atoms with Gasteiger partial charge in [-0.25, -0.2) is 0 Å². The second-order valence-electron chi connectivity index (χ2n) is 4.98. The predicted octanol–water partition coefficient (Wildman–Crippen LogP) is 1.01. The van der Waals surface area contributed by atoms with Crippen molar-refractivity contribution in [3.05, 3.63) is 0 Å². The molecule has 2 fully saturated rings. The van der Waals surface area contributed by atoms with Gasteiger partial charge >= 0.3 is 0 Å². The normalized spacial score (nSPS) is 37.9. The van der Waals surface area contributed by atoms with Crippen LogP contribution in [0.2, 0.25) is 0 Å². The maximum atomic E-state index is 9.86. The fraction of sp³-hybridized carbons (Fsp3) is 1.00. The standard InChI is InChI=1S/C11H21NO2/c1-11(14-2)7-12(8-11)9-5-3-4-6-10(9)13/h9-10,13H,3-8H2,1-2H3. The van der Waals surface area contributed by atoms with Crippen molar-refractivity contribution < 1.29 is 9.84 Å². The van der Waals surface area contributed by atoms with E-state index in [2.05, 4.69) is 11.8 Å².